The van der Waals surface area contributed by atoms with E-state index in [9.17, 15) is 22.8 Å². The van der Waals surface area contributed by atoms with Crippen LogP contribution in [0.5, 0.6) is 5.75 Å². The highest BCUT2D eigenvalue weighted by molar-refractivity contribution is 6.06. The van der Waals surface area contributed by atoms with Gasteiger partial charge in [0.15, 0.2) is 6.61 Å². The van der Waals surface area contributed by atoms with Gasteiger partial charge >= 0.3 is 11.9 Å². The Hall–Kier alpha value is -3.63. The molecule has 1 aliphatic heterocycles. The number of carbonyl (C=O) groups excluding carboxylic acids is 1. The highest BCUT2D eigenvalue weighted by Crippen LogP contribution is 2.29. The Morgan fingerprint density at radius 3 is 2.67 bits per heavy atom. The highest BCUT2D eigenvalue weighted by atomic mass is 19.4. The third kappa shape index (κ3) is 4.76. The number of nitrogens with zero attached hydrogens (tertiary/aromatic N) is 3. The summed E-state index contributed by atoms with van der Waals surface area (Å²) >= 11 is 0. The molecular formula is C22H20F4N4O3. The Labute approximate surface area is 185 Å². The highest BCUT2D eigenvalue weighted by Gasteiger charge is 2.30. The van der Waals surface area contributed by atoms with E-state index in [1.807, 2.05) is 0 Å². The normalized spacial score (nSPS) is 13.5. The number of fused-ring (bicyclic) bond motifs is 1. The zero-order chi connectivity index (χ0) is 23.8. The fourth-order valence-corrected chi connectivity index (χ4v) is 3.62. The minimum absolute atomic E-state index is 0.397. The maximum Gasteiger partial charge on any atom is 0.422 e. The maximum absolute atomic E-state index is 15.0. The quantitative estimate of drug-likeness (QED) is 0.579. The van der Waals surface area contributed by atoms with Crippen LogP contribution in [0.2, 0.25) is 0 Å². The van der Waals surface area contributed by atoms with Gasteiger partial charge in [0.25, 0.3) is 5.91 Å². The Morgan fingerprint density at radius 1 is 1.21 bits per heavy atom. The Morgan fingerprint density at radius 2 is 1.97 bits per heavy atom. The largest absolute Gasteiger partial charge is 0.483 e. The lowest BCUT2D eigenvalue weighted by Gasteiger charge is -2.16. The van der Waals surface area contributed by atoms with Gasteiger partial charge in [-0.25, -0.2) is 9.18 Å². The van der Waals surface area contributed by atoms with Crippen molar-refractivity contribution in [1.29, 1.82) is 0 Å². The van der Waals surface area contributed by atoms with Crippen LogP contribution in [0.1, 0.15) is 34.6 Å². The van der Waals surface area contributed by atoms with Crippen molar-refractivity contribution in [1.82, 2.24) is 14.3 Å². The Balaban J connectivity index is 1.76. The number of hydrogen-bond donors (Lipinski definition) is 1. The average Bonchev–Trinajstić information content (AvgIpc) is 3.10. The van der Waals surface area contributed by atoms with Crippen molar-refractivity contribution in [2.75, 3.05) is 11.9 Å². The predicted octanol–water partition coefficient (Wildman–Crippen LogP) is 4.01. The van der Waals surface area contributed by atoms with Gasteiger partial charge in [0.2, 0.25) is 0 Å². The van der Waals surface area contributed by atoms with E-state index < -0.39 is 47.2 Å². The predicted molar refractivity (Wildman–Crippen MR) is 111 cm³/mol. The van der Waals surface area contributed by atoms with Gasteiger partial charge in [-0.1, -0.05) is 18.2 Å². The number of aryl methyl sites for hydroxylation is 2. The van der Waals surface area contributed by atoms with Crippen LogP contribution >= 0.6 is 0 Å². The lowest BCUT2D eigenvalue weighted by Crippen LogP contribution is -2.27. The number of para-hydroxylation sites is 1. The molecule has 0 aliphatic carbocycles. The molecule has 4 rings (SSSR count). The summed E-state index contributed by atoms with van der Waals surface area (Å²) < 4.78 is 60.6. The number of carbonyl (C=O) groups is 1. The molecule has 0 saturated carbocycles. The standard InChI is InChI=1S/C22H20F4N4O3/c1-13-6-2-3-7-16(13)27-20(31)14-10-15(23)17(11-18(14)33-12-22(24,25)26)30-21(32)29-9-5-4-8-19(29)28-30/h2-3,6-7,10-11H,4-5,8-9,12H2,1H3,(H,27,31). The average molecular weight is 464 g/mol. The van der Waals surface area contributed by atoms with Gasteiger partial charge in [-0.15, -0.1) is 5.10 Å². The van der Waals surface area contributed by atoms with E-state index in [1.54, 1.807) is 31.2 Å². The minimum Gasteiger partial charge on any atom is -0.483 e. The van der Waals surface area contributed by atoms with Gasteiger partial charge in [-0.2, -0.15) is 17.9 Å². The molecule has 0 atom stereocenters. The first-order valence-electron chi connectivity index (χ1n) is 10.2. The number of aromatic nitrogens is 3. The first kappa shape index (κ1) is 22.6. The number of anilines is 1. The van der Waals surface area contributed by atoms with Crippen molar-refractivity contribution >= 4 is 11.6 Å². The van der Waals surface area contributed by atoms with Gasteiger partial charge in [0.05, 0.1) is 5.56 Å². The molecule has 0 unspecified atom stereocenters. The zero-order valence-corrected chi connectivity index (χ0v) is 17.6. The number of rotatable bonds is 5. The molecule has 1 N–H and O–H groups in total. The van der Waals surface area contributed by atoms with Crippen molar-refractivity contribution in [3.63, 3.8) is 0 Å². The smallest absolute Gasteiger partial charge is 0.422 e. The fourth-order valence-electron chi connectivity index (χ4n) is 3.62. The van der Waals surface area contributed by atoms with Crippen LogP contribution < -0.4 is 15.7 Å². The molecule has 0 bridgehead atoms. The third-order valence-electron chi connectivity index (χ3n) is 5.28. The lowest BCUT2D eigenvalue weighted by atomic mass is 10.1. The Kier molecular flexibility index (Phi) is 5.96. The summed E-state index contributed by atoms with van der Waals surface area (Å²) in [5.74, 6) is -1.91. The number of hydrogen-bond acceptors (Lipinski definition) is 4. The van der Waals surface area contributed by atoms with Crippen molar-refractivity contribution in [3.05, 3.63) is 69.7 Å². The van der Waals surface area contributed by atoms with Gasteiger partial charge in [-0.3, -0.25) is 9.36 Å². The molecule has 3 aromatic rings. The van der Waals surface area contributed by atoms with Crippen LogP contribution in [0.25, 0.3) is 5.69 Å². The van der Waals surface area contributed by atoms with E-state index in [1.165, 1.54) is 4.57 Å². The van der Waals surface area contributed by atoms with Crippen LogP contribution in [0.15, 0.2) is 41.2 Å². The van der Waals surface area contributed by atoms with E-state index in [-0.39, 0.29) is 0 Å². The number of nitrogens with one attached hydrogen (secondary N) is 1. The maximum atomic E-state index is 15.0. The summed E-state index contributed by atoms with van der Waals surface area (Å²) in [5.41, 5.74) is -0.336. The molecule has 1 aromatic heterocycles. The van der Waals surface area contributed by atoms with Crippen LogP contribution in [0.3, 0.4) is 0 Å². The van der Waals surface area contributed by atoms with Gasteiger partial charge in [-0.05, 0) is 37.5 Å². The van der Waals surface area contributed by atoms with Gasteiger partial charge in [0.1, 0.15) is 23.1 Å². The van der Waals surface area contributed by atoms with Crippen LogP contribution in [0, 0.1) is 12.7 Å². The van der Waals surface area contributed by atoms with Crippen molar-refractivity contribution in [2.45, 2.75) is 38.9 Å². The van der Waals surface area contributed by atoms with Crippen molar-refractivity contribution in [3.8, 4) is 11.4 Å². The van der Waals surface area contributed by atoms with Crippen LogP contribution in [-0.4, -0.2) is 33.0 Å². The second-order valence-electron chi connectivity index (χ2n) is 7.69. The molecule has 7 nitrogen and oxygen atoms in total. The van der Waals surface area contributed by atoms with Crippen LogP contribution in [-0.2, 0) is 13.0 Å². The molecule has 2 heterocycles. The number of ether oxygens (including phenoxy) is 1. The molecule has 0 radical (unpaired) electrons. The molecule has 11 heteroatoms. The van der Waals surface area contributed by atoms with E-state index in [0.29, 0.717) is 30.0 Å². The monoisotopic (exact) mass is 464 g/mol. The number of alkyl halides is 3. The Bertz CT molecular complexity index is 1260. The summed E-state index contributed by atoms with van der Waals surface area (Å²) in [6.45, 7) is 0.453. The van der Waals surface area contributed by atoms with E-state index >= 15 is 4.39 Å². The second kappa shape index (κ2) is 8.72. The molecule has 0 saturated heterocycles. The van der Waals surface area contributed by atoms with Crippen molar-refractivity contribution < 1.29 is 27.1 Å². The topological polar surface area (TPSA) is 78.2 Å². The summed E-state index contributed by atoms with van der Waals surface area (Å²) in [4.78, 5) is 25.5. The molecule has 0 fully saturated rings. The number of amides is 1. The van der Waals surface area contributed by atoms with Crippen molar-refractivity contribution in [2.24, 2.45) is 0 Å². The second-order valence-corrected chi connectivity index (χ2v) is 7.69. The molecule has 2 aromatic carbocycles. The summed E-state index contributed by atoms with van der Waals surface area (Å²) in [6, 6.07) is 8.39. The van der Waals surface area contributed by atoms with Gasteiger partial charge < -0.3 is 10.1 Å². The third-order valence-corrected chi connectivity index (χ3v) is 5.28. The molecule has 1 aliphatic rings. The summed E-state index contributed by atoms with van der Waals surface area (Å²) in [7, 11) is 0. The first-order chi connectivity index (χ1) is 15.6. The lowest BCUT2D eigenvalue weighted by molar-refractivity contribution is -0.153. The van der Waals surface area contributed by atoms with E-state index in [4.69, 9.17) is 4.74 Å². The summed E-state index contributed by atoms with van der Waals surface area (Å²) in [5, 5.41) is 6.68. The zero-order valence-electron chi connectivity index (χ0n) is 17.6. The first-order valence-corrected chi connectivity index (χ1v) is 10.2. The summed E-state index contributed by atoms with van der Waals surface area (Å²) in [6.07, 6.45) is -2.59. The molecule has 0 spiro atoms. The number of benzene rings is 2. The van der Waals surface area contributed by atoms with E-state index in [2.05, 4.69) is 10.4 Å². The molecule has 174 valence electrons. The number of halogens is 4. The fraction of sp³-hybridized carbons (Fsp3) is 0.318. The molecular weight excluding hydrogens is 444 g/mol. The molecule has 1 amide bonds. The van der Waals surface area contributed by atoms with Gasteiger partial charge in [0, 0.05) is 24.7 Å². The van der Waals surface area contributed by atoms with E-state index in [0.717, 1.165) is 29.7 Å². The van der Waals surface area contributed by atoms with Crippen LogP contribution in [0.4, 0.5) is 23.2 Å². The molecule has 33 heavy (non-hydrogen) atoms. The minimum atomic E-state index is -4.69. The SMILES string of the molecule is Cc1ccccc1NC(=O)c1cc(F)c(-n2nc3n(c2=O)CCCC3)cc1OCC(F)(F)F.